The minimum absolute atomic E-state index is 0.131. The molecule has 0 aliphatic heterocycles. The Balaban J connectivity index is 1.97. The zero-order chi connectivity index (χ0) is 29.8. The molecule has 0 bridgehead atoms. The van der Waals surface area contributed by atoms with Crippen LogP contribution in [-0.2, 0) is 20.9 Å². The fourth-order valence-corrected chi connectivity index (χ4v) is 4.74. The summed E-state index contributed by atoms with van der Waals surface area (Å²) in [4.78, 5) is 43.6. The molecule has 3 aromatic rings. The first-order chi connectivity index (χ1) is 19.7. The average Bonchev–Trinajstić information content (AvgIpc) is 2.98. The molecule has 8 heteroatoms. The van der Waals surface area contributed by atoms with Gasteiger partial charge in [-0.2, -0.15) is 0 Å². The van der Waals surface area contributed by atoms with E-state index >= 15 is 0 Å². The van der Waals surface area contributed by atoms with Crippen LogP contribution in [0.2, 0.25) is 0 Å². The highest BCUT2D eigenvalue weighted by atomic mass is 16.5. The number of likely N-dealkylation sites (N-methyl/N-ethyl adjacent to an activating group) is 1. The summed E-state index contributed by atoms with van der Waals surface area (Å²) in [6.07, 6.45) is 0.254. The van der Waals surface area contributed by atoms with Gasteiger partial charge in [0, 0.05) is 32.0 Å². The first kappa shape index (κ1) is 31.5. The van der Waals surface area contributed by atoms with Crippen molar-refractivity contribution < 1.29 is 19.6 Å². The molecule has 3 rings (SSSR count). The maximum atomic E-state index is 14.2. The van der Waals surface area contributed by atoms with Gasteiger partial charge in [-0.3, -0.25) is 19.6 Å². The molecule has 0 aromatic heterocycles. The van der Waals surface area contributed by atoms with Crippen molar-refractivity contribution in [2.24, 2.45) is 11.8 Å². The minimum atomic E-state index is -0.954. The number of nitrogens with zero attached hydrogens (tertiary/aromatic N) is 2. The maximum Gasteiger partial charge on any atom is 0.250 e. The summed E-state index contributed by atoms with van der Waals surface area (Å²) in [6.45, 7) is 5.44. The lowest BCUT2D eigenvalue weighted by Gasteiger charge is -2.30. The van der Waals surface area contributed by atoms with E-state index in [4.69, 9.17) is 5.21 Å². The van der Waals surface area contributed by atoms with Crippen molar-refractivity contribution in [3.05, 3.63) is 96.1 Å². The summed E-state index contributed by atoms with van der Waals surface area (Å²) in [7, 11) is 3.91. The van der Waals surface area contributed by atoms with E-state index in [1.54, 1.807) is 10.4 Å². The van der Waals surface area contributed by atoms with Gasteiger partial charge in [-0.05, 0) is 48.7 Å². The van der Waals surface area contributed by atoms with Crippen LogP contribution in [0.3, 0.4) is 0 Å². The summed E-state index contributed by atoms with van der Waals surface area (Å²) in [5.41, 5.74) is 5.32. The molecule has 2 atom stereocenters. The van der Waals surface area contributed by atoms with Crippen molar-refractivity contribution in [2.75, 3.05) is 27.2 Å². The lowest BCUT2D eigenvalue weighted by atomic mass is 9.92. The van der Waals surface area contributed by atoms with E-state index < -0.39 is 23.8 Å². The molecule has 0 aliphatic rings. The van der Waals surface area contributed by atoms with E-state index in [0.717, 1.165) is 16.7 Å². The fourth-order valence-electron chi connectivity index (χ4n) is 4.74. The topological polar surface area (TPSA) is 102 Å². The van der Waals surface area contributed by atoms with E-state index in [9.17, 15) is 14.4 Å². The summed E-state index contributed by atoms with van der Waals surface area (Å²) < 4.78 is 0. The number of nitrogens with one attached hydrogen (secondary N) is 2. The molecule has 0 saturated carbocycles. The van der Waals surface area contributed by atoms with Crippen molar-refractivity contribution in [2.45, 2.75) is 39.3 Å². The Hall–Kier alpha value is -4.01. The van der Waals surface area contributed by atoms with Crippen LogP contribution in [0.15, 0.2) is 84.9 Å². The number of benzene rings is 3. The molecule has 8 nitrogen and oxygen atoms in total. The fraction of sp³-hybridized carbons (Fsp3) is 0.364. The summed E-state index contributed by atoms with van der Waals surface area (Å²) in [6, 6.07) is 26.4. The molecule has 0 heterocycles. The smallest absolute Gasteiger partial charge is 0.250 e. The van der Waals surface area contributed by atoms with Gasteiger partial charge in [-0.1, -0.05) is 98.8 Å². The van der Waals surface area contributed by atoms with Gasteiger partial charge in [-0.25, -0.2) is 5.48 Å². The third-order valence-corrected chi connectivity index (χ3v) is 6.91. The molecule has 3 aromatic carbocycles. The van der Waals surface area contributed by atoms with Gasteiger partial charge in [-0.15, -0.1) is 0 Å². The Morgan fingerprint density at radius 2 is 1.39 bits per heavy atom. The lowest BCUT2D eigenvalue weighted by molar-refractivity contribution is -0.139. The van der Waals surface area contributed by atoms with Crippen LogP contribution in [0.1, 0.15) is 43.9 Å². The lowest BCUT2D eigenvalue weighted by Crippen LogP contribution is -2.46. The van der Waals surface area contributed by atoms with Gasteiger partial charge >= 0.3 is 0 Å². The van der Waals surface area contributed by atoms with Gasteiger partial charge < -0.3 is 15.1 Å². The number of carbonyl (C=O) groups excluding carboxylic acids is 3. The van der Waals surface area contributed by atoms with Gasteiger partial charge in [0.2, 0.25) is 17.7 Å². The van der Waals surface area contributed by atoms with E-state index in [-0.39, 0.29) is 18.2 Å². The molecule has 3 N–H and O–H groups in total. The van der Waals surface area contributed by atoms with Crippen molar-refractivity contribution >= 4 is 17.7 Å². The number of carbonyl (C=O) groups is 3. The second-order valence-corrected chi connectivity index (χ2v) is 11.0. The third-order valence-electron chi connectivity index (χ3n) is 6.91. The highest BCUT2D eigenvalue weighted by Crippen LogP contribution is 2.25. The first-order valence-electron chi connectivity index (χ1n) is 14.0. The van der Waals surface area contributed by atoms with Gasteiger partial charge in [0.25, 0.3) is 0 Å². The van der Waals surface area contributed by atoms with Gasteiger partial charge in [0.15, 0.2) is 0 Å². The molecule has 0 spiro atoms. The Bertz CT molecular complexity index is 1250. The van der Waals surface area contributed by atoms with Crippen LogP contribution >= 0.6 is 0 Å². The van der Waals surface area contributed by atoms with Crippen LogP contribution in [0.4, 0.5) is 0 Å². The second kappa shape index (κ2) is 15.7. The summed E-state index contributed by atoms with van der Waals surface area (Å²) in [5.74, 6) is -1.85. The minimum Gasteiger partial charge on any atom is -0.340 e. The molecule has 3 amide bonds. The highest BCUT2D eigenvalue weighted by Gasteiger charge is 2.31. The third kappa shape index (κ3) is 9.84. The molecule has 0 fully saturated rings. The van der Waals surface area contributed by atoms with Crippen molar-refractivity contribution in [1.82, 2.24) is 20.6 Å². The number of hydrogen-bond donors (Lipinski definition) is 3. The summed E-state index contributed by atoms with van der Waals surface area (Å²) >= 11 is 0. The molecule has 0 aliphatic carbocycles. The van der Waals surface area contributed by atoms with Crippen LogP contribution < -0.4 is 10.8 Å². The van der Waals surface area contributed by atoms with E-state index in [1.807, 2.05) is 118 Å². The number of hydrogen-bond acceptors (Lipinski definition) is 5. The van der Waals surface area contributed by atoms with E-state index in [1.165, 1.54) is 0 Å². The highest BCUT2D eigenvalue weighted by molar-refractivity contribution is 5.91. The quantitative estimate of drug-likeness (QED) is 0.197. The van der Waals surface area contributed by atoms with Gasteiger partial charge in [0.1, 0.15) is 6.04 Å². The number of amides is 3. The normalized spacial score (nSPS) is 12.6. The van der Waals surface area contributed by atoms with Crippen LogP contribution in [0.25, 0.3) is 11.1 Å². The standard InChI is InChI=1S/C33H42N4O4/c1-24(2)21-29(22-30(38)35-41)32(39)34-31(28-17-15-27(16-18-28)26-13-9-6-10-14-26)33(40)37(20-19-36(3)4)23-25-11-7-5-8-12-25/h5-18,24,29,31,41H,19-23H2,1-4H3,(H,34,39)(H,35,38)/t29-,31?/m1/s1. The number of rotatable bonds is 14. The zero-order valence-corrected chi connectivity index (χ0v) is 24.4. The molecule has 0 radical (unpaired) electrons. The summed E-state index contributed by atoms with van der Waals surface area (Å²) in [5, 5.41) is 12.1. The Morgan fingerprint density at radius 3 is 1.95 bits per heavy atom. The zero-order valence-electron chi connectivity index (χ0n) is 24.4. The van der Waals surface area contributed by atoms with Crippen molar-refractivity contribution in [3.8, 4) is 11.1 Å². The Morgan fingerprint density at radius 1 is 0.805 bits per heavy atom. The molecule has 0 saturated heterocycles. The Labute approximate surface area is 243 Å². The predicted octanol–water partition coefficient (Wildman–Crippen LogP) is 4.66. The first-order valence-corrected chi connectivity index (χ1v) is 14.0. The Kier molecular flexibility index (Phi) is 12.1. The van der Waals surface area contributed by atoms with Crippen LogP contribution in [0.5, 0.6) is 0 Å². The average molecular weight is 559 g/mol. The molecule has 218 valence electrons. The molecule has 41 heavy (non-hydrogen) atoms. The predicted molar refractivity (Wildman–Crippen MR) is 161 cm³/mol. The van der Waals surface area contributed by atoms with E-state index in [2.05, 4.69) is 5.32 Å². The maximum absolute atomic E-state index is 14.2. The van der Waals surface area contributed by atoms with Crippen LogP contribution in [0, 0.1) is 11.8 Å². The van der Waals surface area contributed by atoms with Crippen LogP contribution in [-0.4, -0.2) is 59.9 Å². The number of hydroxylamine groups is 1. The molecule has 1 unspecified atom stereocenters. The van der Waals surface area contributed by atoms with Crippen molar-refractivity contribution in [3.63, 3.8) is 0 Å². The second-order valence-electron chi connectivity index (χ2n) is 11.0. The molecular formula is C33H42N4O4. The van der Waals surface area contributed by atoms with E-state index in [0.29, 0.717) is 31.6 Å². The van der Waals surface area contributed by atoms with Crippen molar-refractivity contribution in [1.29, 1.82) is 0 Å². The SMILES string of the molecule is CC(C)C[C@H](CC(=O)NO)C(=O)NC(C(=O)N(CCN(C)C)Cc1ccccc1)c1ccc(-c2ccccc2)cc1. The largest absolute Gasteiger partial charge is 0.340 e. The monoisotopic (exact) mass is 558 g/mol. The van der Waals surface area contributed by atoms with Gasteiger partial charge in [0.05, 0.1) is 0 Å². The molecular weight excluding hydrogens is 516 g/mol.